The lowest BCUT2D eigenvalue weighted by molar-refractivity contribution is 0.0682. The van der Waals surface area contributed by atoms with Gasteiger partial charge in [-0.15, -0.1) is 0 Å². The number of ether oxygens (including phenoxy) is 2. The SMILES string of the molecule is NCCc1ccc(OC(=O)c2ccc(O)c(O)c2)c(OC(=O)c2ccc(O)c(O)c2)c1. The van der Waals surface area contributed by atoms with Crippen molar-refractivity contribution in [1.29, 1.82) is 0 Å². The van der Waals surface area contributed by atoms with Crippen molar-refractivity contribution in [2.24, 2.45) is 5.73 Å². The van der Waals surface area contributed by atoms with Crippen LogP contribution >= 0.6 is 0 Å². The van der Waals surface area contributed by atoms with E-state index in [4.69, 9.17) is 15.2 Å². The van der Waals surface area contributed by atoms with Crippen LogP contribution in [0.15, 0.2) is 54.6 Å². The van der Waals surface area contributed by atoms with E-state index in [9.17, 15) is 30.0 Å². The van der Waals surface area contributed by atoms with Gasteiger partial charge in [0.05, 0.1) is 11.1 Å². The molecule has 31 heavy (non-hydrogen) atoms. The van der Waals surface area contributed by atoms with Gasteiger partial charge in [0, 0.05) is 0 Å². The molecule has 0 radical (unpaired) electrons. The molecule has 9 heteroatoms. The molecule has 0 amide bonds. The number of nitrogens with two attached hydrogens (primary N) is 1. The van der Waals surface area contributed by atoms with Crippen LogP contribution in [0.4, 0.5) is 0 Å². The van der Waals surface area contributed by atoms with Gasteiger partial charge in [0.2, 0.25) is 0 Å². The van der Waals surface area contributed by atoms with Gasteiger partial charge in [0.25, 0.3) is 0 Å². The fourth-order valence-corrected chi connectivity index (χ4v) is 2.66. The Bertz CT molecular complexity index is 1140. The molecule has 0 heterocycles. The van der Waals surface area contributed by atoms with Crippen molar-refractivity contribution in [2.45, 2.75) is 6.42 Å². The number of hydrogen-bond donors (Lipinski definition) is 5. The van der Waals surface area contributed by atoms with Crippen LogP contribution in [0.1, 0.15) is 26.3 Å². The third kappa shape index (κ3) is 5.03. The Morgan fingerprint density at radius 3 is 1.68 bits per heavy atom. The van der Waals surface area contributed by atoms with E-state index in [0.29, 0.717) is 13.0 Å². The fourth-order valence-electron chi connectivity index (χ4n) is 2.66. The van der Waals surface area contributed by atoms with Gasteiger partial charge in [0.15, 0.2) is 34.5 Å². The maximum absolute atomic E-state index is 12.5. The predicted octanol–water partition coefficient (Wildman–Crippen LogP) is 2.45. The normalized spacial score (nSPS) is 10.5. The van der Waals surface area contributed by atoms with Gasteiger partial charge in [-0.05, 0) is 67.1 Å². The van der Waals surface area contributed by atoms with Gasteiger partial charge in [0.1, 0.15) is 0 Å². The van der Waals surface area contributed by atoms with Crippen LogP contribution in [-0.2, 0) is 6.42 Å². The molecule has 3 aromatic rings. The topological polar surface area (TPSA) is 160 Å². The molecule has 3 rings (SSSR count). The first-order chi connectivity index (χ1) is 14.8. The first-order valence-corrected chi connectivity index (χ1v) is 9.10. The van der Waals surface area contributed by atoms with Gasteiger partial charge in [-0.1, -0.05) is 6.07 Å². The number of phenolic OH excluding ortho intramolecular Hbond substituents is 4. The molecule has 0 bridgehead atoms. The van der Waals surface area contributed by atoms with Crippen molar-refractivity contribution in [1.82, 2.24) is 0 Å². The van der Waals surface area contributed by atoms with Crippen LogP contribution in [0, 0.1) is 0 Å². The summed E-state index contributed by atoms with van der Waals surface area (Å²) in [5.41, 5.74) is 6.21. The van der Waals surface area contributed by atoms with Crippen LogP contribution in [0.25, 0.3) is 0 Å². The van der Waals surface area contributed by atoms with E-state index < -0.39 is 34.9 Å². The highest BCUT2D eigenvalue weighted by molar-refractivity contribution is 5.94. The van der Waals surface area contributed by atoms with E-state index >= 15 is 0 Å². The minimum Gasteiger partial charge on any atom is -0.504 e. The Morgan fingerprint density at radius 2 is 1.19 bits per heavy atom. The number of carbonyl (C=O) groups is 2. The summed E-state index contributed by atoms with van der Waals surface area (Å²) < 4.78 is 10.7. The molecular weight excluding hydrogens is 406 g/mol. The number of rotatable bonds is 6. The zero-order valence-corrected chi connectivity index (χ0v) is 16.1. The summed E-state index contributed by atoms with van der Waals surface area (Å²) in [6.07, 6.45) is 0.477. The van der Waals surface area contributed by atoms with Crippen LogP contribution in [-0.4, -0.2) is 38.9 Å². The lowest BCUT2D eigenvalue weighted by Gasteiger charge is -2.13. The Morgan fingerprint density at radius 1 is 0.677 bits per heavy atom. The Kier molecular flexibility index (Phi) is 6.27. The highest BCUT2D eigenvalue weighted by Gasteiger charge is 2.18. The molecule has 0 aliphatic rings. The number of aromatic hydroxyl groups is 4. The molecular formula is C22H19NO8. The molecule has 0 atom stereocenters. The summed E-state index contributed by atoms with van der Waals surface area (Å²) in [4.78, 5) is 24.9. The minimum atomic E-state index is -0.861. The number of hydrogen-bond acceptors (Lipinski definition) is 9. The van der Waals surface area contributed by atoms with Crippen molar-refractivity contribution in [2.75, 3.05) is 6.54 Å². The van der Waals surface area contributed by atoms with E-state index in [2.05, 4.69) is 0 Å². The summed E-state index contributed by atoms with van der Waals surface area (Å²) >= 11 is 0. The van der Waals surface area contributed by atoms with Crippen molar-refractivity contribution in [3.63, 3.8) is 0 Å². The van der Waals surface area contributed by atoms with Crippen LogP contribution in [0.3, 0.4) is 0 Å². The van der Waals surface area contributed by atoms with E-state index in [1.807, 2.05) is 0 Å². The Labute approximate surface area is 176 Å². The number of esters is 2. The van der Waals surface area contributed by atoms with Crippen molar-refractivity contribution in [3.8, 4) is 34.5 Å². The predicted molar refractivity (Wildman–Crippen MR) is 109 cm³/mol. The van der Waals surface area contributed by atoms with E-state index in [1.54, 1.807) is 6.07 Å². The molecule has 0 fully saturated rings. The number of benzene rings is 3. The summed E-state index contributed by atoms with van der Waals surface area (Å²) in [5.74, 6) is -3.64. The third-order valence-electron chi connectivity index (χ3n) is 4.27. The second kappa shape index (κ2) is 9.06. The fraction of sp³-hybridized carbons (Fsp3) is 0.0909. The molecule has 3 aromatic carbocycles. The average molecular weight is 425 g/mol. The van der Waals surface area contributed by atoms with Crippen LogP contribution in [0.5, 0.6) is 34.5 Å². The van der Waals surface area contributed by atoms with E-state index in [1.165, 1.54) is 24.3 Å². The van der Waals surface area contributed by atoms with Gasteiger partial charge in [-0.3, -0.25) is 0 Å². The minimum absolute atomic E-state index is 0.0398. The molecule has 6 N–H and O–H groups in total. The Hall–Kier alpha value is -4.24. The highest BCUT2D eigenvalue weighted by atomic mass is 16.6. The van der Waals surface area contributed by atoms with Crippen molar-refractivity contribution >= 4 is 11.9 Å². The van der Waals surface area contributed by atoms with Gasteiger partial charge >= 0.3 is 11.9 Å². The van der Waals surface area contributed by atoms with Crippen LogP contribution in [0.2, 0.25) is 0 Å². The maximum atomic E-state index is 12.5. The molecule has 0 aromatic heterocycles. The Balaban J connectivity index is 1.89. The van der Waals surface area contributed by atoms with Gasteiger partial charge < -0.3 is 35.6 Å². The molecule has 0 saturated carbocycles. The first-order valence-electron chi connectivity index (χ1n) is 9.10. The largest absolute Gasteiger partial charge is 0.504 e. The molecule has 0 spiro atoms. The lowest BCUT2D eigenvalue weighted by atomic mass is 10.1. The number of carbonyl (C=O) groups excluding carboxylic acids is 2. The van der Waals surface area contributed by atoms with Gasteiger partial charge in [-0.25, -0.2) is 9.59 Å². The second-order valence-electron chi connectivity index (χ2n) is 6.51. The molecule has 160 valence electrons. The molecule has 9 nitrogen and oxygen atoms in total. The quantitative estimate of drug-likeness (QED) is 0.227. The van der Waals surface area contributed by atoms with Crippen LogP contribution < -0.4 is 15.2 Å². The molecule has 0 saturated heterocycles. The molecule has 0 aliphatic heterocycles. The molecule has 0 aliphatic carbocycles. The van der Waals surface area contributed by atoms with Crippen molar-refractivity contribution in [3.05, 3.63) is 71.3 Å². The highest BCUT2D eigenvalue weighted by Crippen LogP contribution is 2.32. The monoisotopic (exact) mass is 425 g/mol. The zero-order chi connectivity index (χ0) is 22.5. The number of phenols is 4. The summed E-state index contributed by atoms with van der Waals surface area (Å²) in [6, 6.07) is 11.4. The summed E-state index contributed by atoms with van der Waals surface area (Å²) in [6.45, 7) is 0.338. The molecule has 0 unspecified atom stereocenters. The smallest absolute Gasteiger partial charge is 0.343 e. The first kappa shape index (κ1) is 21.5. The third-order valence-corrected chi connectivity index (χ3v) is 4.27. The summed E-state index contributed by atoms with van der Waals surface area (Å²) in [7, 11) is 0. The maximum Gasteiger partial charge on any atom is 0.343 e. The standard InChI is InChI=1S/C22H19NO8/c23-8-7-12-1-6-19(30-21(28)13-2-4-15(24)17(26)10-13)20(9-12)31-22(29)14-3-5-16(25)18(27)11-14/h1-6,9-11,24-27H,7-8,23H2. The van der Waals surface area contributed by atoms with E-state index in [0.717, 1.165) is 29.8 Å². The lowest BCUT2D eigenvalue weighted by Crippen LogP contribution is -2.13. The average Bonchev–Trinajstić information content (AvgIpc) is 2.74. The van der Waals surface area contributed by atoms with E-state index in [-0.39, 0.29) is 22.6 Å². The van der Waals surface area contributed by atoms with Gasteiger partial charge in [-0.2, -0.15) is 0 Å². The second-order valence-corrected chi connectivity index (χ2v) is 6.51. The van der Waals surface area contributed by atoms with Crippen molar-refractivity contribution < 1.29 is 39.5 Å². The summed E-state index contributed by atoms with van der Waals surface area (Å²) in [5, 5.41) is 37.9. The zero-order valence-electron chi connectivity index (χ0n) is 16.1.